The summed E-state index contributed by atoms with van der Waals surface area (Å²) in [5, 5.41) is 12.1. The van der Waals surface area contributed by atoms with Crippen LogP contribution < -0.4 is 5.32 Å². The van der Waals surface area contributed by atoms with Crippen LogP contribution in [0, 0.1) is 6.92 Å². The number of likely N-dealkylation sites (N-methyl/N-ethyl adjacent to an activating group) is 1. The third-order valence-corrected chi connectivity index (χ3v) is 4.87. The van der Waals surface area contributed by atoms with Crippen molar-refractivity contribution < 1.29 is 0 Å². The van der Waals surface area contributed by atoms with Gasteiger partial charge < -0.3 is 5.32 Å². The van der Waals surface area contributed by atoms with Crippen LogP contribution in [-0.2, 0) is 5.41 Å². The molecule has 1 spiro atoms. The molecule has 0 unspecified atom stereocenters. The van der Waals surface area contributed by atoms with E-state index >= 15 is 0 Å². The Morgan fingerprint density at radius 2 is 2.14 bits per heavy atom. The Morgan fingerprint density at radius 3 is 2.71 bits per heavy atom. The Balaban J connectivity index is 1.87. The fourth-order valence-electron chi connectivity index (χ4n) is 3.35. The number of hydrogen-bond donors (Lipinski definition) is 1. The molecule has 21 heavy (non-hydrogen) atoms. The number of rotatable bonds is 1. The Labute approximate surface area is 128 Å². The maximum Gasteiger partial charge on any atom is 0.113 e. The zero-order chi connectivity index (χ0) is 14.6. The summed E-state index contributed by atoms with van der Waals surface area (Å²) in [4.78, 5) is 4.76. The molecule has 1 aliphatic carbocycles. The van der Waals surface area contributed by atoms with Gasteiger partial charge in [0, 0.05) is 7.05 Å². The van der Waals surface area contributed by atoms with Gasteiger partial charge in [-0.25, -0.2) is 9.67 Å². The molecule has 6 heteroatoms. The third-order valence-electron chi connectivity index (χ3n) is 4.56. The van der Waals surface area contributed by atoms with Crippen LogP contribution in [0.4, 0.5) is 5.69 Å². The van der Waals surface area contributed by atoms with Crippen LogP contribution in [-0.4, -0.2) is 27.9 Å². The highest BCUT2D eigenvalue weighted by Crippen LogP contribution is 2.53. The first-order valence-electron chi connectivity index (χ1n) is 7.14. The van der Waals surface area contributed by atoms with Crippen molar-refractivity contribution in [3.8, 4) is 5.69 Å². The highest BCUT2D eigenvalue weighted by molar-refractivity contribution is 6.32. The van der Waals surface area contributed by atoms with Gasteiger partial charge in [-0.2, -0.15) is 0 Å². The van der Waals surface area contributed by atoms with Crippen LogP contribution in [0.1, 0.15) is 30.5 Å². The topological polar surface area (TPSA) is 55.1 Å². The van der Waals surface area contributed by atoms with Crippen LogP contribution in [0.3, 0.4) is 0 Å². The molecule has 1 aromatic carbocycles. The second-order valence-electron chi connectivity index (χ2n) is 5.77. The molecular formula is C15H16ClN5. The second-order valence-corrected chi connectivity index (χ2v) is 6.18. The number of aliphatic imine (C=N–C) groups is 1. The Morgan fingerprint density at radius 1 is 1.33 bits per heavy atom. The minimum absolute atomic E-state index is 0.0601. The highest BCUT2D eigenvalue weighted by atomic mass is 35.5. The number of aryl methyl sites for hydroxylation is 1. The molecule has 5 nitrogen and oxygen atoms in total. The van der Waals surface area contributed by atoms with E-state index in [9.17, 15) is 0 Å². The summed E-state index contributed by atoms with van der Waals surface area (Å²) in [6, 6.07) is 4.06. The number of fused-ring (bicyclic) bond motifs is 2. The molecule has 0 radical (unpaired) electrons. The van der Waals surface area contributed by atoms with E-state index in [1.165, 1.54) is 12.0 Å². The van der Waals surface area contributed by atoms with Crippen LogP contribution in [0.5, 0.6) is 0 Å². The predicted octanol–water partition coefficient (Wildman–Crippen LogP) is 2.91. The summed E-state index contributed by atoms with van der Waals surface area (Å²) >= 11 is 6.49. The molecule has 1 N–H and O–H groups in total. The molecule has 0 amide bonds. The number of nitrogens with one attached hydrogen (secondary N) is 1. The third kappa shape index (κ3) is 1.67. The molecule has 1 aliphatic heterocycles. The van der Waals surface area contributed by atoms with Crippen molar-refractivity contribution in [2.45, 2.75) is 31.6 Å². The van der Waals surface area contributed by atoms with Gasteiger partial charge in [-0.1, -0.05) is 23.2 Å². The van der Waals surface area contributed by atoms with E-state index in [0.29, 0.717) is 5.02 Å². The average Bonchev–Trinajstić information content (AvgIpc) is 2.97. The monoisotopic (exact) mass is 301 g/mol. The van der Waals surface area contributed by atoms with Gasteiger partial charge in [0.05, 0.1) is 33.7 Å². The first-order chi connectivity index (χ1) is 10.1. The van der Waals surface area contributed by atoms with E-state index in [-0.39, 0.29) is 5.41 Å². The largest absolute Gasteiger partial charge is 0.376 e. The van der Waals surface area contributed by atoms with Gasteiger partial charge in [0.1, 0.15) is 5.84 Å². The highest BCUT2D eigenvalue weighted by Gasteiger charge is 2.48. The minimum atomic E-state index is 0.0601. The zero-order valence-corrected chi connectivity index (χ0v) is 12.8. The van der Waals surface area contributed by atoms with Crippen LogP contribution in [0.2, 0.25) is 5.02 Å². The normalized spacial score (nSPS) is 18.3. The smallest absolute Gasteiger partial charge is 0.113 e. The standard InChI is InChI=1S/C15H16ClN5/c1-9-8-21(20-19-9)13-7-12-10(6-11(13)16)15(4-3-5-15)14(17-2)18-12/h6-8H,3-5H2,1-2H3,(H,17,18). The lowest BCUT2D eigenvalue weighted by molar-refractivity contribution is 0.341. The summed E-state index contributed by atoms with van der Waals surface area (Å²) in [5.41, 5.74) is 3.98. The maximum atomic E-state index is 6.49. The summed E-state index contributed by atoms with van der Waals surface area (Å²) in [7, 11) is 1.94. The molecular weight excluding hydrogens is 286 g/mol. The molecule has 2 aromatic rings. The van der Waals surface area contributed by atoms with E-state index in [2.05, 4.69) is 21.7 Å². The van der Waals surface area contributed by atoms with E-state index < -0.39 is 0 Å². The van der Waals surface area contributed by atoms with Crippen LogP contribution in [0.25, 0.3) is 5.69 Å². The molecule has 4 rings (SSSR count). The molecule has 0 atom stereocenters. The van der Waals surface area contributed by atoms with Crippen molar-refractivity contribution >= 4 is 23.1 Å². The predicted molar refractivity (Wildman–Crippen MR) is 82.8 cm³/mol. The molecule has 1 aromatic heterocycles. The Bertz CT molecular complexity index is 757. The van der Waals surface area contributed by atoms with Gasteiger partial charge in [-0.3, -0.25) is 0 Å². The lowest BCUT2D eigenvalue weighted by Gasteiger charge is -2.40. The van der Waals surface area contributed by atoms with E-state index in [1.807, 2.05) is 26.2 Å². The van der Waals surface area contributed by atoms with Crippen molar-refractivity contribution in [1.82, 2.24) is 20.3 Å². The van der Waals surface area contributed by atoms with Crippen molar-refractivity contribution in [3.63, 3.8) is 0 Å². The first kappa shape index (κ1) is 12.8. The summed E-state index contributed by atoms with van der Waals surface area (Å²) in [5.74, 6) is 1.06. The lowest BCUT2D eigenvalue weighted by Crippen LogP contribution is -2.45. The van der Waals surface area contributed by atoms with Crippen LogP contribution in [0.15, 0.2) is 23.3 Å². The van der Waals surface area contributed by atoms with Crippen molar-refractivity contribution in [2.75, 3.05) is 7.05 Å². The zero-order valence-electron chi connectivity index (χ0n) is 12.0. The van der Waals surface area contributed by atoms with E-state index in [1.54, 1.807) is 4.68 Å². The molecule has 2 heterocycles. The van der Waals surface area contributed by atoms with Crippen molar-refractivity contribution in [2.24, 2.45) is 4.99 Å². The first-order valence-corrected chi connectivity index (χ1v) is 7.52. The summed E-state index contributed by atoms with van der Waals surface area (Å²) in [6.45, 7) is 1.91. The van der Waals surface area contributed by atoms with Gasteiger partial charge in [-0.05, 0) is 37.5 Å². The molecule has 108 valence electrons. The van der Waals surface area contributed by atoms with Gasteiger partial charge in [0.2, 0.25) is 0 Å². The number of benzene rings is 1. The summed E-state index contributed by atoms with van der Waals surface area (Å²) < 4.78 is 1.71. The van der Waals surface area contributed by atoms with Gasteiger partial charge in [-0.15, -0.1) is 5.10 Å². The Kier molecular flexibility index (Phi) is 2.63. The molecule has 1 saturated carbocycles. The molecule has 1 fully saturated rings. The van der Waals surface area contributed by atoms with E-state index in [4.69, 9.17) is 16.6 Å². The summed E-state index contributed by atoms with van der Waals surface area (Å²) in [6.07, 6.45) is 5.38. The van der Waals surface area contributed by atoms with Gasteiger partial charge in [0.25, 0.3) is 0 Å². The minimum Gasteiger partial charge on any atom is -0.376 e. The maximum absolute atomic E-state index is 6.49. The quantitative estimate of drug-likeness (QED) is 0.881. The number of nitrogens with zero attached hydrogens (tertiary/aromatic N) is 4. The molecule has 0 saturated heterocycles. The fraction of sp³-hybridized carbons (Fsp3) is 0.400. The number of amidine groups is 1. The average molecular weight is 302 g/mol. The second kappa shape index (κ2) is 4.31. The SMILES string of the molecule is CNC1=Nc2cc(-n3cc(C)nn3)c(Cl)cc2C12CCC2. The lowest BCUT2D eigenvalue weighted by atomic mass is 9.64. The van der Waals surface area contributed by atoms with Gasteiger partial charge >= 0.3 is 0 Å². The van der Waals surface area contributed by atoms with Crippen molar-refractivity contribution in [1.29, 1.82) is 0 Å². The number of hydrogen-bond acceptors (Lipinski definition) is 4. The van der Waals surface area contributed by atoms with E-state index in [0.717, 1.165) is 35.7 Å². The van der Waals surface area contributed by atoms with Gasteiger partial charge in [0.15, 0.2) is 0 Å². The molecule has 0 bridgehead atoms. The fourth-order valence-corrected chi connectivity index (χ4v) is 3.60. The van der Waals surface area contributed by atoms with Crippen molar-refractivity contribution in [3.05, 3.63) is 34.6 Å². The molecule has 2 aliphatic rings. The number of halogens is 1. The Hall–Kier alpha value is -1.88. The van der Waals surface area contributed by atoms with Crippen LogP contribution >= 0.6 is 11.6 Å². The number of aromatic nitrogens is 3.